The van der Waals surface area contributed by atoms with Crippen molar-refractivity contribution in [3.05, 3.63) is 0 Å². The summed E-state index contributed by atoms with van der Waals surface area (Å²) in [6.45, 7) is 10.9. The number of nitrogens with zero attached hydrogens (tertiary/aromatic N) is 1. The van der Waals surface area contributed by atoms with Crippen LogP contribution in [0.5, 0.6) is 0 Å². The van der Waals surface area contributed by atoms with Crippen molar-refractivity contribution in [2.24, 2.45) is 11.8 Å². The van der Waals surface area contributed by atoms with Crippen molar-refractivity contribution in [3.63, 3.8) is 0 Å². The van der Waals surface area contributed by atoms with Gasteiger partial charge >= 0.3 is 0 Å². The molecule has 0 aromatic carbocycles. The Hall–Kier alpha value is -0.0400. The van der Waals surface area contributed by atoms with Crippen molar-refractivity contribution in [2.75, 3.05) is 13.6 Å². The Kier molecular flexibility index (Phi) is 8.17. The second-order valence-electron chi connectivity index (χ2n) is 7.68. The quantitative estimate of drug-likeness (QED) is 0.477. The fourth-order valence-electron chi connectivity index (χ4n) is 3.76. The van der Waals surface area contributed by atoms with Crippen molar-refractivity contribution in [3.8, 4) is 0 Å². The number of rotatable bonds is 9. The van der Waals surface area contributed by atoms with Gasteiger partial charge in [-0.05, 0) is 45.7 Å². The van der Waals surface area contributed by atoms with Gasteiger partial charge in [0, 0.05) is 5.54 Å². The molecule has 0 aromatic heterocycles. The SMILES string of the molecule is CCCCCCCCCCC1CCN(C)C(C)(C)C1C. The number of piperidine rings is 1. The van der Waals surface area contributed by atoms with Crippen LogP contribution < -0.4 is 0 Å². The Morgan fingerprint density at radius 2 is 1.50 bits per heavy atom. The van der Waals surface area contributed by atoms with E-state index in [-0.39, 0.29) is 0 Å². The van der Waals surface area contributed by atoms with Crippen LogP contribution >= 0.6 is 0 Å². The smallest absolute Gasteiger partial charge is 0.0178 e. The van der Waals surface area contributed by atoms with Crippen molar-refractivity contribution in [1.29, 1.82) is 0 Å². The molecule has 2 atom stereocenters. The minimum atomic E-state index is 0.392. The minimum absolute atomic E-state index is 0.392. The van der Waals surface area contributed by atoms with Gasteiger partial charge in [-0.1, -0.05) is 71.6 Å². The van der Waals surface area contributed by atoms with Gasteiger partial charge in [0.15, 0.2) is 0 Å². The number of likely N-dealkylation sites (tertiary alicyclic amines) is 1. The van der Waals surface area contributed by atoms with Crippen LogP contribution in [0.4, 0.5) is 0 Å². The van der Waals surface area contributed by atoms with Gasteiger partial charge in [-0.3, -0.25) is 0 Å². The zero-order valence-electron chi connectivity index (χ0n) is 14.9. The zero-order chi connectivity index (χ0) is 15.0. The first-order valence-corrected chi connectivity index (χ1v) is 9.21. The molecule has 0 aromatic rings. The molecule has 1 heteroatoms. The van der Waals surface area contributed by atoms with Gasteiger partial charge in [-0.25, -0.2) is 0 Å². The standard InChI is InChI=1S/C19H39N/c1-6-7-8-9-10-11-12-13-14-18-15-16-20(5)19(3,4)17(18)2/h17-18H,6-16H2,1-5H3. The second kappa shape index (κ2) is 9.07. The zero-order valence-corrected chi connectivity index (χ0v) is 14.9. The normalized spacial score (nSPS) is 26.9. The molecule has 1 fully saturated rings. The summed E-state index contributed by atoms with van der Waals surface area (Å²) in [6, 6.07) is 0. The summed E-state index contributed by atoms with van der Waals surface area (Å²) in [5, 5.41) is 0. The van der Waals surface area contributed by atoms with Gasteiger partial charge < -0.3 is 4.90 Å². The van der Waals surface area contributed by atoms with Crippen LogP contribution in [-0.4, -0.2) is 24.0 Å². The molecule has 0 N–H and O–H groups in total. The van der Waals surface area contributed by atoms with Gasteiger partial charge in [0.05, 0.1) is 0 Å². The Balaban J connectivity index is 2.10. The molecular formula is C19H39N. The molecular weight excluding hydrogens is 242 g/mol. The molecule has 2 unspecified atom stereocenters. The molecule has 1 heterocycles. The molecule has 20 heavy (non-hydrogen) atoms. The molecule has 1 aliphatic rings. The lowest BCUT2D eigenvalue weighted by atomic mass is 9.71. The van der Waals surface area contributed by atoms with Crippen LogP contribution in [0.25, 0.3) is 0 Å². The summed E-state index contributed by atoms with van der Waals surface area (Å²) < 4.78 is 0. The highest BCUT2D eigenvalue weighted by Crippen LogP contribution is 2.38. The van der Waals surface area contributed by atoms with E-state index in [2.05, 4.69) is 39.6 Å². The van der Waals surface area contributed by atoms with Gasteiger partial charge in [-0.15, -0.1) is 0 Å². The predicted molar refractivity (Wildman–Crippen MR) is 91.2 cm³/mol. The van der Waals surface area contributed by atoms with E-state index in [4.69, 9.17) is 0 Å². The molecule has 0 saturated carbocycles. The summed E-state index contributed by atoms with van der Waals surface area (Å²) >= 11 is 0. The maximum absolute atomic E-state index is 2.56. The molecule has 0 bridgehead atoms. The molecule has 0 aliphatic carbocycles. The highest BCUT2D eigenvalue weighted by atomic mass is 15.2. The third-order valence-electron chi connectivity index (χ3n) is 6.07. The molecule has 1 nitrogen and oxygen atoms in total. The van der Waals surface area contributed by atoms with E-state index in [1.54, 1.807) is 0 Å². The van der Waals surface area contributed by atoms with E-state index in [9.17, 15) is 0 Å². The summed E-state index contributed by atoms with van der Waals surface area (Å²) in [7, 11) is 2.29. The third-order valence-corrected chi connectivity index (χ3v) is 6.07. The largest absolute Gasteiger partial charge is 0.301 e. The summed E-state index contributed by atoms with van der Waals surface area (Å²) in [4.78, 5) is 2.56. The van der Waals surface area contributed by atoms with Crippen LogP contribution in [0.15, 0.2) is 0 Å². The van der Waals surface area contributed by atoms with Gasteiger partial charge in [0.2, 0.25) is 0 Å². The van der Waals surface area contributed by atoms with E-state index < -0.39 is 0 Å². The average molecular weight is 282 g/mol. The van der Waals surface area contributed by atoms with E-state index >= 15 is 0 Å². The second-order valence-corrected chi connectivity index (χ2v) is 7.68. The molecule has 1 saturated heterocycles. The molecule has 1 aliphatic heterocycles. The molecule has 120 valence electrons. The fourth-order valence-corrected chi connectivity index (χ4v) is 3.76. The van der Waals surface area contributed by atoms with Crippen LogP contribution in [0, 0.1) is 11.8 Å². The van der Waals surface area contributed by atoms with E-state index in [0.717, 1.165) is 11.8 Å². The van der Waals surface area contributed by atoms with E-state index in [1.807, 2.05) is 0 Å². The lowest BCUT2D eigenvalue weighted by molar-refractivity contribution is 0.00959. The topological polar surface area (TPSA) is 3.24 Å². The number of unbranched alkanes of at least 4 members (excludes halogenated alkanes) is 7. The Bertz CT molecular complexity index is 246. The van der Waals surface area contributed by atoms with Crippen LogP contribution in [0.2, 0.25) is 0 Å². The van der Waals surface area contributed by atoms with Crippen molar-refractivity contribution < 1.29 is 0 Å². The van der Waals surface area contributed by atoms with Crippen LogP contribution in [-0.2, 0) is 0 Å². The highest BCUT2D eigenvalue weighted by molar-refractivity contribution is 4.92. The number of hydrogen-bond acceptors (Lipinski definition) is 1. The Morgan fingerprint density at radius 1 is 0.950 bits per heavy atom. The molecule has 0 radical (unpaired) electrons. The lowest BCUT2D eigenvalue weighted by Crippen LogP contribution is -2.53. The van der Waals surface area contributed by atoms with E-state index in [1.165, 1.54) is 70.8 Å². The average Bonchev–Trinajstić information content (AvgIpc) is 2.42. The summed E-state index contributed by atoms with van der Waals surface area (Å²) in [5.41, 5.74) is 0.392. The van der Waals surface area contributed by atoms with Crippen molar-refractivity contribution >= 4 is 0 Å². The molecule has 1 rings (SSSR count). The van der Waals surface area contributed by atoms with Gasteiger partial charge in [-0.2, -0.15) is 0 Å². The maximum Gasteiger partial charge on any atom is 0.0178 e. The van der Waals surface area contributed by atoms with Gasteiger partial charge in [0.1, 0.15) is 0 Å². The first-order valence-electron chi connectivity index (χ1n) is 9.21. The van der Waals surface area contributed by atoms with Crippen LogP contribution in [0.1, 0.15) is 91.9 Å². The monoisotopic (exact) mass is 281 g/mol. The Morgan fingerprint density at radius 3 is 2.10 bits per heavy atom. The summed E-state index contributed by atoms with van der Waals surface area (Å²) in [6.07, 6.45) is 14.5. The Labute approximate surface area is 128 Å². The van der Waals surface area contributed by atoms with E-state index in [0.29, 0.717) is 5.54 Å². The fraction of sp³-hybridized carbons (Fsp3) is 1.00. The minimum Gasteiger partial charge on any atom is -0.301 e. The molecule has 0 amide bonds. The first-order chi connectivity index (χ1) is 9.50. The summed E-state index contributed by atoms with van der Waals surface area (Å²) in [5.74, 6) is 1.80. The van der Waals surface area contributed by atoms with Gasteiger partial charge in [0.25, 0.3) is 0 Å². The van der Waals surface area contributed by atoms with Crippen molar-refractivity contribution in [1.82, 2.24) is 4.90 Å². The van der Waals surface area contributed by atoms with Crippen molar-refractivity contribution in [2.45, 2.75) is 97.4 Å². The third kappa shape index (κ3) is 5.39. The lowest BCUT2D eigenvalue weighted by Gasteiger charge is -2.49. The first kappa shape index (κ1) is 18.0. The number of hydrogen-bond donors (Lipinski definition) is 0. The predicted octanol–water partition coefficient (Wildman–Crippen LogP) is 5.88. The highest BCUT2D eigenvalue weighted by Gasteiger charge is 2.38. The molecule has 0 spiro atoms. The maximum atomic E-state index is 2.56. The van der Waals surface area contributed by atoms with Crippen LogP contribution in [0.3, 0.4) is 0 Å².